The number of likely N-dealkylation sites (tertiary alicyclic amines) is 1. The van der Waals surface area contributed by atoms with Gasteiger partial charge in [-0.05, 0) is 20.8 Å². The molecular weight excluding hydrogens is 220 g/mol. The van der Waals surface area contributed by atoms with Crippen LogP contribution in [0.4, 0.5) is 13.6 Å². The fourth-order valence-corrected chi connectivity index (χ4v) is 1.31. The topological polar surface area (TPSA) is 46.6 Å². The molecule has 16 heavy (non-hydrogen) atoms. The van der Waals surface area contributed by atoms with E-state index in [1.807, 2.05) is 0 Å². The Kier molecular flexibility index (Phi) is 3.50. The molecule has 0 radical (unpaired) electrons. The van der Waals surface area contributed by atoms with E-state index >= 15 is 0 Å². The van der Waals surface area contributed by atoms with Gasteiger partial charge in [-0.15, -0.1) is 0 Å². The Morgan fingerprint density at radius 1 is 1.31 bits per heavy atom. The van der Waals surface area contributed by atoms with Crippen LogP contribution in [-0.2, 0) is 9.53 Å². The molecule has 1 aliphatic rings. The highest BCUT2D eigenvalue weighted by Crippen LogP contribution is 2.17. The summed E-state index contributed by atoms with van der Waals surface area (Å²) in [4.78, 5) is 23.2. The second-order valence-electron chi connectivity index (χ2n) is 4.72. The third-order valence-corrected chi connectivity index (χ3v) is 2.03. The van der Waals surface area contributed by atoms with Crippen LogP contribution in [-0.4, -0.2) is 47.8 Å². The van der Waals surface area contributed by atoms with Crippen molar-refractivity contribution >= 4 is 11.9 Å². The molecule has 6 heteroatoms. The first-order valence-electron chi connectivity index (χ1n) is 5.00. The van der Waals surface area contributed by atoms with Gasteiger partial charge in [0.1, 0.15) is 5.60 Å². The molecule has 92 valence electrons. The summed E-state index contributed by atoms with van der Waals surface area (Å²) in [7, 11) is 0. The predicted molar refractivity (Wildman–Crippen MR) is 52.6 cm³/mol. The van der Waals surface area contributed by atoms with Crippen LogP contribution in [0.25, 0.3) is 0 Å². The van der Waals surface area contributed by atoms with Gasteiger partial charge in [0, 0.05) is 0 Å². The Hall–Kier alpha value is -1.20. The van der Waals surface area contributed by atoms with Gasteiger partial charge in [-0.25, -0.2) is 13.6 Å². The Morgan fingerprint density at radius 2 is 1.75 bits per heavy atom. The fraction of sp³-hybridized carbons (Fsp3) is 0.800. The van der Waals surface area contributed by atoms with Gasteiger partial charge >= 0.3 is 6.09 Å². The van der Waals surface area contributed by atoms with Crippen molar-refractivity contribution in [2.24, 2.45) is 0 Å². The van der Waals surface area contributed by atoms with E-state index in [1.165, 1.54) is 0 Å². The highest BCUT2D eigenvalue weighted by molar-refractivity contribution is 5.89. The number of carbonyl (C=O) groups is 2. The van der Waals surface area contributed by atoms with E-state index < -0.39 is 42.9 Å². The highest BCUT2D eigenvalue weighted by Gasteiger charge is 2.38. The molecule has 0 aliphatic carbocycles. The molecule has 1 fully saturated rings. The number of rotatable bonds is 0. The molecule has 1 saturated heterocycles. The monoisotopic (exact) mass is 235 g/mol. The molecule has 0 bridgehead atoms. The zero-order valence-electron chi connectivity index (χ0n) is 9.50. The molecule has 0 aromatic carbocycles. The van der Waals surface area contributed by atoms with E-state index in [0.717, 1.165) is 4.90 Å². The summed E-state index contributed by atoms with van der Waals surface area (Å²) in [5.74, 6) is -1.10. The lowest BCUT2D eigenvalue weighted by molar-refractivity contribution is -0.133. The third-order valence-electron chi connectivity index (χ3n) is 2.03. The average Bonchev–Trinajstić information content (AvgIpc) is 2.10. The molecule has 1 amide bonds. The lowest BCUT2D eigenvalue weighted by atomic mass is 10.1. The molecule has 2 atom stereocenters. The van der Waals surface area contributed by atoms with E-state index in [9.17, 15) is 18.4 Å². The first kappa shape index (κ1) is 12.9. The molecule has 4 nitrogen and oxygen atoms in total. The Morgan fingerprint density at radius 3 is 2.12 bits per heavy atom. The van der Waals surface area contributed by atoms with Crippen molar-refractivity contribution in [3.8, 4) is 0 Å². The molecule has 0 unspecified atom stereocenters. The predicted octanol–water partition coefficient (Wildman–Crippen LogP) is 1.48. The van der Waals surface area contributed by atoms with Gasteiger partial charge in [-0.1, -0.05) is 0 Å². The molecule has 0 aromatic heterocycles. The maximum absolute atomic E-state index is 13.0. The number of ketones is 1. The smallest absolute Gasteiger partial charge is 0.410 e. The van der Waals surface area contributed by atoms with Crippen LogP contribution < -0.4 is 0 Å². The second kappa shape index (κ2) is 4.35. The summed E-state index contributed by atoms with van der Waals surface area (Å²) in [6, 6.07) is 0. The van der Waals surface area contributed by atoms with E-state index in [-0.39, 0.29) is 0 Å². The molecule has 0 aromatic rings. The lowest BCUT2D eigenvalue weighted by Crippen LogP contribution is -2.52. The standard InChI is InChI=1S/C10H15F2NO3/c1-10(2,3)16-9(15)13-4-6(11)8(14)7(12)5-13/h6-7H,4-5H2,1-3H3/t6-,7-/m1/s1. The van der Waals surface area contributed by atoms with Crippen LogP contribution >= 0.6 is 0 Å². The van der Waals surface area contributed by atoms with E-state index in [4.69, 9.17) is 4.74 Å². The van der Waals surface area contributed by atoms with Crippen LogP contribution in [0.2, 0.25) is 0 Å². The van der Waals surface area contributed by atoms with Crippen molar-refractivity contribution in [1.29, 1.82) is 0 Å². The van der Waals surface area contributed by atoms with Crippen molar-refractivity contribution in [1.82, 2.24) is 4.90 Å². The highest BCUT2D eigenvalue weighted by atomic mass is 19.1. The SMILES string of the molecule is CC(C)(C)OC(=O)N1C[C@@H](F)C(=O)[C@H](F)C1. The van der Waals surface area contributed by atoms with Gasteiger partial charge in [-0.3, -0.25) is 4.79 Å². The van der Waals surface area contributed by atoms with Crippen molar-refractivity contribution in [3.63, 3.8) is 0 Å². The molecule has 0 N–H and O–H groups in total. The molecule has 0 saturated carbocycles. The summed E-state index contributed by atoms with van der Waals surface area (Å²) in [6.45, 7) is 4.09. The maximum Gasteiger partial charge on any atom is 0.410 e. The molecular formula is C10H15F2NO3. The summed E-state index contributed by atoms with van der Waals surface area (Å²) in [6.07, 6.45) is -4.72. The van der Waals surface area contributed by atoms with Gasteiger partial charge in [-0.2, -0.15) is 0 Å². The molecule has 1 aliphatic heterocycles. The number of hydrogen-bond donors (Lipinski definition) is 0. The number of alkyl halides is 2. The molecule has 0 spiro atoms. The average molecular weight is 235 g/mol. The lowest BCUT2D eigenvalue weighted by Gasteiger charge is -2.32. The summed E-state index contributed by atoms with van der Waals surface area (Å²) >= 11 is 0. The van der Waals surface area contributed by atoms with Crippen molar-refractivity contribution in [2.75, 3.05) is 13.1 Å². The Labute approximate surface area is 92.5 Å². The first-order chi connectivity index (χ1) is 7.20. The van der Waals surface area contributed by atoms with Crippen LogP contribution in [0.1, 0.15) is 20.8 Å². The van der Waals surface area contributed by atoms with Gasteiger partial charge < -0.3 is 9.64 Å². The largest absolute Gasteiger partial charge is 0.444 e. The minimum absolute atomic E-state index is 0.436. The number of carbonyl (C=O) groups excluding carboxylic acids is 2. The number of piperidine rings is 1. The number of halogens is 2. The van der Waals surface area contributed by atoms with Gasteiger partial charge in [0.2, 0.25) is 5.78 Å². The zero-order chi connectivity index (χ0) is 12.5. The van der Waals surface area contributed by atoms with Gasteiger partial charge in [0.05, 0.1) is 13.1 Å². The fourth-order valence-electron chi connectivity index (χ4n) is 1.31. The van der Waals surface area contributed by atoms with Crippen LogP contribution in [0, 0.1) is 0 Å². The van der Waals surface area contributed by atoms with Crippen molar-refractivity contribution in [2.45, 2.75) is 38.7 Å². The number of ether oxygens (including phenoxy) is 1. The van der Waals surface area contributed by atoms with E-state index in [1.54, 1.807) is 20.8 Å². The quantitative estimate of drug-likeness (QED) is 0.639. The minimum Gasteiger partial charge on any atom is -0.444 e. The second-order valence-corrected chi connectivity index (χ2v) is 4.72. The minimum atomic E-state index is -1.96. The maximum atomic E-state index is 13.0. The first-order valence-corrected chi connectivity index (χ1v) is 5.00. The van der Waals surface area contributed by atoms with Crippen molar-refractivity contribution < 1.29 is 23.1 Å². The third kappa shape index (κ3) is 3.15. The number of Topliss-reactive ketones (excluding diaryl/α,β-unsaturated/α-hetero) is 1. The number of nitrogens with zero attached hydrogens (tertiary/aromatic N) is 1. The normalized spacial score (nSPS) is 26.8. The van der Waals surface area contributed by atoms with Crippen LogP contribution in [0.5, 0.6) is 0 Å². The summed E-state index contributed by atoms with van der Waals surface area (Å²) in [5.41, 5.74) is -0.726. The Bertz CT molecular complexity index is 287. The van der Waals surface area contributed by atoms with Gasteiger partial charge in [0.25, 0.3) is 0 Å². The number of hydrogen-bond acceptors (Lipinski definition) is 3. The zero-order valence-corrected chi connectivity index (χ0v) is 9.50. The van der Waals surface area contributed by atoms with E-state index in [0.29, 0.717) is 0 Å². The van der Waals surface area contributed by atoms with Crippen molar-refractivity contribution in [3.05, 3.63) is 0 Å². The molecule has 1 rings (SSSR count). The van der Waals surface area contributed by atoms with Crippen LogP contribution in [0.15, 0.2) is 0 Å². The summed E-state index contributed by atoms with van der Waals surface area (Å²) in [5, 5.41) is 0. The number of amides is 1. The Balaban J connectivity index is 2.62. The van der Waals surface area contributed by atoms with Gasteiger partial charge in [0.15, 0.2) is 12.3 Å². The summed E-state index contributed by atoms with van der Waals surface area (Å²) < 4.78 is 31.0. The van der Waals surface area contributed by atoms with E-state index in [2.05, 4.69) is 0 Å². The van der Waals surface area contributed by atoms with Crippen LogP contribution in [0.3, 0.4) is 0 Å². The molecule has 1 heterocycles.